The highest BCUT2D eigenvalue weighted by Crippen LogP contribution is 2.14. The molecule has 1 aromatic carbocycles. The second kappa shape index (κ2) is 6.88. The Hall–Kier alpha value is -0.900. The summed E-state index contributed by atoms with van der Waals surface area (Å²) in [6, 6.07) is 7.28. The molecule has 0 aliphatic carbocycles. The summed E-state index contributed by atoms with van der Waals surface area (Å²) in [6.45, 7) is 0.800. The Balaban J connectivity index is 1.82. The average molecular weight is 269 g/mol. The van der Waals surface area contributed by atoms with Crippen LogP contribution in [0.1, 0.15) is 35.2 Å². The molecule has 0 aromatic heterocycles. The fourth-order valence-electron chi connectivity index (χ4n) is 1.87. The second-order valence-electron chi connectivity index (χ2n) is 4.36. The van der Waals surface area contributed by atoms with Gasteiger partial charge < -0.3 is 9.47 Å². The maximum absolute atomic E-state index is 11.9. The number of ether oxygens (including phenoxy) is 2. The summed E-state index contributed by atoms with van der Waals surface area (Å²) in [5.41, 5.74) is 1.66. The van der Waals surface area contributed by atoms with E-state index in [9.17, 15) is 4.79 Å². The van der Waals surface area contributed by atoms with Gasteiger partial charge in [-0.1, -0.05) is 24.3 Å². The Bertz CT molecular complexity index is 383. The fourth-order valence-corrected chi connectivity index (χ4v) is 2.05. The van der Waals surface area contributed by atoms with Crippen LogP contribution in [0.15, 0.2) is 24.3 Å². The Morgan fingerprint density at radius 3 is 2.72 bits per heavy atom. The molecule has 1 saturated heterocycles. The molecule has 1 aliphatic rings. The summed E-state index contributed by atoms with van der Waals surface area (Å²) in [7, 11) is 0. The van der Waals surface area contributed by atoms with E-state index in [1.165, 1.54) is 0 Å². The molecule has 0 N–H and O–H groups in total. The van der Waals surface area contributed by atoms with Crippen molar-refractivity contribution in [3.8, 4) is 0 Å². The predicted molar refractivity (Wildman–Crippen MR) is 69.9 cm³/mol. The van der Waals surface area contributed by atoms with Gasteiger partial charge in [-0.3, -0.25) is 4.79 Å². The van der Waals surface area contributed by atoms with Crippen LogP contribution in [0.5, 0.6) is 0 Å². The minimum Gasteiger partial charge on any atom is -0.353 e. The maximum atomic E-state index is 11.9. The molecule has 3 nitrogen and oxygen atoms in total. The molecule has 2 rings (SSSR count). The molecule has 0 saturated carbocycles. The number of carbonyl (C=O) groups is 1. The van der Waals surface area contributed by atoms with Crippen LogP contribution in [0.3, 0.4) is 0 Å². The number of rotatable bonds is 5. The van der Waals surface area contributed by atoms with Crippen molar-refractivity contribution in [1.29, 1.82) is 0 Å². The number of hydrogen-bond acceptors (Lipinski definition) is 3. The van der Waals surface area contributed by atoms with E-state index in [2.05, 4.69) is 0 Å². The number of carbonyl (C=O) groups excluding carboxylic acids is 1. The largest absolute Gasteiger partial charge is 0.353 e. The Morgan fingerprint density at radius 2 is 2.11 bits per heavy atom. The van der Waals surface area contributed by atoms with Crippen molar-refractivity contribution in [1.82, 2.24) is 0 Å². The summed E-state index contributed by atoms with van der Waals surface area (Å²) in [5.74, 6) is 0.436. The quantitative estimate of drug-likeness (QED) is 0.608. The predicted octanol–water partition coefficient (Wildman–Crippen LogP) is 3.15. The highest BCUT2D eigenvalue weighted by atomic mass is 35.5. The van der Waals surface area contributed by atoms with Gasteiger partial charge in [0.2, 0.25) is 0 Å². The van der Waals surface area contributed by atoms with E-state index < -0.39 is 0 Å². The molecule has 1 aromatic rings. The van der Waals surface area contributed by atoms with Crippen molar-refractivity contribution in [2.75, 3.05) is 13.2 Å². The van der Waals surface area contributed by atoms with E-state index in [4.69, 9.17) is 21.1 Å². The van der Waals surface area contributed by atoms with Crippen molar-refractivity contribution in [2.24, 2.45) is 0 Å². The first-order valence-corrected chi connectivity index (χ1v) is 6.74. The monoisotopic (exact) mass is 268 g/mol. The number of Topliss-reactive ketones (excluding diaryl/α,β-unsaturated/α-hetero) is 1. The zero-order valence-corrected chi connectivity index (χ0v) is 11.0. The minimum absolute atomic E-state index is 0.0229. The lowest BCUT2D eigenvalue weighted by molar-refractivity contribution is -0.155. The number of benzene rings is 1. The average Bonchev–Trinajstić information content (AvgIpc) is 2.46. The molecule has 0 radical (unpaired) electrons. The van der Waals surface area contributed by atoms with E-state index in [0.29, 0.717) is 11.4 Å². The molecule has 0 bridgehead atoms. The molecule has 0 spiro atoms. The second-order valence-corrected chi connectivity index (χ2v) is 4.63. The van der Waals surface area contributed by atoms with Crippen molar-refractivity contribution < 1.29 is 14.3 Å². The van der Waals surface area contributed by atoms with Crippen LogP contribution in [-0.2, 0) is 15.4 Å². The number of ketones is 1. The highest BCUT2D eigenvalue weighted by molar-refractivity contribution is 6.17. The summed E-state index contributed by atoms with van der Waals surface area (Å²) in [5, 5.41) is 0. The van der Waals surface area contributed by atoms with Gasteiger partial charge in [0.1, 0.15) is 6.61 Å². The third-order valence-electron chi connectivity index (χ3n) is 2.97. The maximum Gasteiger partial charge on any atom is 0.188 e. The molecule has 18 heavy (non-hydrogen) atoms. The SMILES string of the molecule is O=C(COC1CCCCO1)c1ccc(CCl)cc1. The fraction of sp³-hybridized carbons (Fsp3) is 0.500. The Kier molecular flexibility index (Phi) is 5.17. The molecule has 98 valence electrons. The van der Waals surface area contributed by atoms with E-state index in [0.717, 1.165) is 31.4 Å². The summed E-state index contributed by atoms with van der Waals surface area (Å²) < 4.78 is 10.9. The highest BCUT2D eigenvalue weighted by Gasteiger charge is 2.16. The first-order chi connectivity index (χ1) is 8.79. The van der Waals surface area contributed by atoms with Crippen LogP contribution in [-0.4, -0.2) is 25.3 Å². The molecule has 1 unspecified atom stereocenters. The summed E-state index contributed by atoms with van der Waals surface area (Å²) in [6.07, 6.45) is 2.83. The lowest BCUT2D eigenvalue weighted by Gasteiger charge is -2.22. The van der Waals surface area contributed by atoms with Gasteiger partial charge in [0.05, 0.1) is 0 Å². The lowest BCUT2D eigenvalue weighted by atomic mass is 10.1. The standard InChI is InChI=1S/C14H17ClO3/c15-9-11-4-6-12(7-5-11)13(16)10-18-14-3-1-2-8-17-14/h4-7,14H,1-3,8-10H2. The summed E-state index contributed by atoms with van der Waals surface area (Å²) in [4.78, 5) is 11.9. The molecule has 4 heteroatoms. The van der Waals surface area contributed by atoms with Gasteiger partial charge in [-0.05, 0) is 24.8 Å². The Labute approximate surface area is 112 Å². The van der Waals surface area contributed by atoms with Gasteiger partial charge >= 0.3 is 0 Å². The third-order valence-corrected chi connectivity index (χ3v) is 3.28. The topological polar surface area (TPSA) is 35.5 Å². The van der Waals surface area contributed by atoms with Gasteiger partial charge in [0, 0.05) is 18.1 Å². The smallest absolute Gasteiger partial charge is 0.188 e. The number of alkyl halides is 1. The van der Waals surface area contributed by atoms with Gasteiger partial charge in [0.15, 0.2) is 12.1 Å². The van der Waals surface area contributed by atoms with E-state index in [1.54, 1.807) is 12.1 Å². The van der Waals surface area contributed by atoms with Crippen molar-refractivity contribution in [3.63, 3.8) is 0 Å². The van der Waals surface area contributed by atoms with Crippen LogP contribution < -0.4 is 0 Å². The molecule has 1 fully saturated rings. The normalized spacial score (nSPS) is 19.7. The van der Waals surface area contributed by atoms with Crippen LogP contribution in [0.2, 0.25) is 0 Å². The first kappa shape index (κ1) is 13.5. The van der Waals surface area contributed by atoms with E-state index >= 15 is 0 Å². The minimum atomic E-state index is -0.218. The number of hydrogen-bond donors (Lipinski definition) is 0. The van der Waals surface area contributed by atoms with Gasteiger partial charge in [-0.25, -0.2) is 0 Å². The molecule has 1 aliphatic heterocycles. The van der Waals surface area contributed by atoms with Gasteiger partial charge in [0.25, 0.3) is 0 Å². The lowest BCUT2D eigenvalue weighted by Crippen LogP contribution is -2.25. The van der Waals surface area contributed by atoms with E-state index in [1.807, 2.05) is 12.1 Å². The molecular formula is C14H17ClO3. The van der Waals surface area contributed by atoms with Gasteiger partial charge in [-0.2, -0.15) is 0 Å². The van der Waals surface area contributed by atoms with Crippen LogP contribution >= 0.6 is 11.6 Å². The van der Waals surface area contributed by atoms with Crippen LogP contribution in [0.25, 0.3) is 0 Å². The zero-order chi connectivity index (χ0) is 12.8. The molecule has 1 atom stereocenters. The van der Waals surface area contributed by atoms with Crippen molar-refractivity contribution in [2.45, 2.75) is 31.4 Å². The molecule has 0 amide bonds. The van der Waals surface area contributed by atoms with E-state index in [-0.39, 0.29) is 18.7 Å². The summed E-state index contributed by atoms with van der Waals surface area (Å²) >= 11 is 5.70. The molecule has 1 heterocycles. The van der Waals surface area contributed by atoms with Crippen LogP contribution in [0, 0.1) is 0 Å². The molecular weight excluding hydrogens is 252 g/mol. The zero-order valence-electron chi connectivity index (χ0n) is 10.2. The van der Waals surface area contributed by atoms with Crippen molar-refractivity contribution in [3.05, 3.63) is 35.4 Å². The number of halogens is 1. The first-order valence-electron chi connectivity index (χ1n) is 6.21. The van der Waals surface area contributed by atoms with Crippen molar-refractivity contribution >= 4 is 17.4 Å². The van der Waals surface area contributed by atoms with Gasteiger partial charge in [-0.15, -0.1) is 11.6 Å². The third kappa shape index (κ3) is 3.80. The Morgan fingerprint density at radius 1 is 1.33 bits per heavy atom. The van der Waals surface area contributed by atoms with Crippen LogP contribution in [0.4, 0.5) is 0 Å².